The van der Waals surface area contributed by atoms with E-state index in [1.807, 2.05) is 60.7 Å². The van der Waals surface area contributed by atoms with Crippen molar-refractivity contribution in [3.8, 4) is 11.5 Å². The molecule has 33 heavy (non-hydrogen) atoms. The van der Waals surface area contributed by atoms with Crippen molar-refractivity contribution in [3.05, 3.63) is 90.5 Å². The predicted octanol–water partition coefficient (Wildman–Crippen LogP) is 4.07. The maximum atomic E-state index is 12.6. The van der Waals surface area contributed by atoms with Crippen molar-refractivity contribution >= 4 is 17.6 Å². The summed E-state index contributed by atoms with van der Waals surface area (Å²) in [6, 6.07) is 26.0. The Morgan fingerprint density at radius 1 is 0.848 bits per heavy atom. The molecular weight excluding hydrogens is 416 g/mol. The molecule has 0 radical (unpaired) electrons. The van der Waals surface area contributed by atoms with E-state index < -0.39 is 0 Å². The lowest BCUT2D eigenvalue weighted by Gasteiger charge is -2.19. The Labute approximate surface area is 194 Å². The first-order valence-electron chi connectivity index (χ1n) is 11.0. The molecule has 5 N–H and O–H groups in total. The van der Waals surface area contributed by atoms with Gasteiger partial charge in [-0.15, -0.1) is 0 Å². The summed E-state index contributed by atoms with van der Waals surface area (Å²) >= 11 is 0. The Morgan fingerprint density at radius 2 is 1.48 bits per heavy atom. The molecule has 7 heteroatoms. The largest absolute Gasteiger partial charge is 0.457 e. The fourth-order valence-electron chi connectivity index (χ4n) is 3.31. The van der Waals surface area contributed by atoms with Gasteiger partial charge in [0.15, 0.2) is 0 Å². The summed E-state index contributed by atoms with van der Waals surface area (Å²) in [6.07, 6.45) is 1.45. The monoisotopic (exact) mass is 446 g/mol. The van der Waals surface area contributed by atoms with Crippen molar-refractivity contribution in [2.75, 3.05) is 18.4 Å². The van der Waals surface area contributed by atoms with Crippen LogP contribution in [0.3, 0.4) is 0 Å². The molecule has 0 saturated carbocycles. The van der Waals surface area contributed by atoms with Crippen LogP contribution in [0, 0.1) is 0 Å². The van der Waals surface area contributed by atoms with Gasteiger partial charge in [0.25, 0.3) is 0 Å². The maximum Gasteiger partial charge on any atom is 0.319 e. The Bertz CT molecular complexity index is 995. The van der Waals surface area contributed by atoms with Crippen LogP contribution in [0.5, 0.6) is 11.5 Å². The van der Waals surface area contributed by atoms with Gasteiger partial charge in [0, 0.05) is 31.2 Å². The van der Waals surface area contributed by atoms with Gasteiger partial charge >= 0.3 is 6.03 Å². The van der Waals surface area contributed by atoms with Gasteiger partial charge in [-0.25, -0.2) is 4.79 Å². The molecule has 3 aromatic carbocycles. The summed E-state index contributed by atoms with van der Waals surface area (Å²) in [4.78, 5) is 24.6. The molecule has 3 amide bonds. The predicted molar refractivity (Wildman–Crippen MR) is 130 cm³/mol. The zero-order chi connectivity index (χ0) is 23.3. The second-order valence-corrected chi connectivity index (χ2v) is 7.60. The fraction of sp³-hybridized carbons (Fsp3) is 0.231. The highest BCUT2D eigenvalue weighted by Gasteiger charge is 2.15. The number of nitrogens with two attached hydrogens (primary N) is 1. The van der Waals surface area contributed by atoms with E-state index in [1.54, 1.807) is 24.3 Å². The molecule has 1 atom stereocenters. The van der Waals surface area contributed by atoms with Gasteiger partial charge in [0.1, 0.15) is 11.5 Å². The lowest BCUT2D eigenvalue weighted by Crippen LogP contribution is -2.40. The van der Waals surface area contributed by atoms with Crippen LogP contribution >= 0.6 is 0 Å². The molecule has 172 valence electrons. The molecular formula is C26H30N4O3. The van der Waals surface area contributed by atoms with Crippen molar-refractivity contribution in [3.63, 3.8) is 0 Å². The molecule has 0 fully saturated rings. The van der Waals surface area contributed by atoms with Gasteiger partial charge < -0.3 is 26.4 Å². The first kappa shape index (κ1) is 23.8. The number of rotatable bonds is 11. The van der Waals surface area contributed by atoms with Crippen LogP contribution in [0.25, 0.3) is 0 Å². The van der Waals surface area contributed by atoms with E-state index in [4.69, 9.17) is 10.5 Å². The number of benzene rings is 3. The number of hydrogen-bond acceptors (Lipinski definition) is 4. The van der Waals surface area contributed by atoms with Crippen LogP contribution in [-0.4, -0.2) is 31.1 Å². The second kappa shape index (κ2) is 12.9. The molecule has 0 aliphatic rings. The number of anilines is 1. The average Bonchev–Trinajstić information content (AvgIpc) is 2.84. The van der Waals surface area contributed by atoms with Crippen LogP contribution < -0.4 is 26.4 Å². The molecule has 0 spiro atoms. The lowest BCUT2D eigenvalue weighted by molar-refractivity contribution is -0.121. The molecule has 0 bridgehead atoms. The molecule has 7 nitrogen and oxygen atoms in total. The third-order valence-electron chi connectivity index (χ3n) is 4.94. The minimum Gasteiger partial charge on any atom is -0.457 e. The van der Waals surface area contributed by atoms with E-state index in [9.17, 15) is 9.59 Å². The molecule has 0 unspecified atom stereocenters. The smallest absolute Gasteiger partial charge is 0.319 e. The Kier molecular flexibility index (Phi) is 9.29. The van der Waals surface area contributed by atoms with Gasteiger partial charge in [0.05, 0.1) is 0 Å². The number of urea groups is 1. The normalized spacial score (nSPS) is 11.3. The maximum absolute atomic E-state index is 12.6. The van der Waals surface area contributed by atoms with E-state index >= 15 is 0 Å². The van der Waals surface area contributed by atoms with Crippen LogP contribution in [0.4, 0.5) is 10.5 Å². The molecule has 3 rings (SSSR count). The van der Waals surface area contributed by atoms with Gasteiger partial charge in [-0.2, -0.15) is 0 Å². The highest BCUT2D eigenvalue weighted by Crippen LogP contribution is 2.22. The second-order valence-electron chi connectivity index (χ2n) is 7.60. The summed E-state index contributed by atoms with van der Waals surface area (Å²) < 4.78 is 5.78. The standard InChI is InChI=1S/C26H30N4O3/c27-17-18-28-25(31)16-13-22(19-20-7-3-1-4-8-20)30-26(32)29-21-11-14-24(15-12-21)33-23-9-5-2-6-10-23/h1-12,14-15,22H,13,16-19,27H2,(H,28,31)(H2,29,30,32)/t22-/m1/s1. The van der Waals surface area contributed by atoms with Crippen LogP contribution in [0.1, 0.15) is 18.4 Å². The Balaban J connectivity index is 1.55. The van der Waals surface area contributed by atoms with E-state index in [2.05, 4.69) is 16.0 Å². The fourth-order valence-corrected chi connectivity index (χ4v) is 3.31. The third kappa shape index (κ3) is 8.66. The van der Waals surface area contributed by atoms with Crippen molar-refractivity contribution in [2.24, 2.45) is 5.73 Å². The van der Waals surface area contributed by atoms with E-state index in [-0.39, 0.29) is 18.0 Å². The number of carbonyl (C=O) groups is 2. The van der Waals surface area contributed by atoms with Gasteiger partial charge in [-0.1, -0.05) is 48.5 Å². The molecule has 0 aromatic heterocycles. The number of para-hydroxylation sites is 1. The van der Waals surface area contributed by atoms with Gasteiger partial charge in [0.2, 0.25) is 5.91 Å². The lowest BCUT2D eigenvalue weighted by atomic mass is 10.0. The minimum atomic E-state index is -0.324. The topological polar surface area (TPSA) is 105 Å². The molecule has 0 saturated heterocycles. The first-order valence-corrected chi connectivity index (χ1v) is 11.0. The summed E-state index contributed by atoms with van der Waals surface area (Å²) in [6.45, 7) is 0.842. The average molecular weight is 447 g/mol. The molecule has 3 aromatic rings. The van der Waals surface area contributed by atoms with Crippen LogP contribution in [0.15, 0.2) is 84.9 Å². The van der Waals surface area contributed by atoms with Crippen molar-refractivity contribution in [2.45, 2.75) is 25.3 Å². The third-order valence-corrected chi connectivity index (χ3v) is 4.94. The quantitative estimate of drug-likeness (QED) is 0.356. The highest BCUT2D eigenvalue weighted by molar-refractivity contribution is 5.89. The van der Waals surface area contributed by atoms with Crippen molar-refractivity contribution in [1.82, 2.24) is 10.6 Å². The number of carbonyl (C=O) groups excluding carboxylic acids is 2. The van der Waals surface area contributed by atoms with Crippen molar-refractivity contribution in [1.29, 1.82) is 0 Å². The van der Waals surface area contributed by atoms with E-state index in [0.717, 1.165) is 11.3 Å². The van der Waals surface area contributed by atoms with Gasteiger partial charge in [-0.3, -0.25) is 4.79 Å². The minimum absolute atomic E-state index is 0.0743. The summed E-state index contributed by atoms with van der Waals surface area (Å²) in [5.74, 6) is 1.35. The number of hydrogen-bond donors (Lipinski definition) is 4. The first-order chi connectivity index (χ1) is 16.1. The molecule has 0 heterocycles. The van der Waals surface area contributed by atoms with Crippen LogP contribution in [0.2, 0.25) is 0 Å². The van der Waals surface area contributed by atoms with Crippen molar-refractivity contribution < 1.29 is 14.3 Å². The van der Waals surface area contributed by atoms with E-state index in [0.29, 0.717) is 43.8 Å². The molecule has 0 aliphatic carbocycles. The SMILES string of the molecule is NCCNC(=O)CC[C@H](Cc1ccccc1)NC(=O)Nc1ccc(Oc2ccccc2)cc1. The summed E-state index contributed by atoms with van der Waals surface area (Å²) in [5, 5.41) is 8.61. The number of amides is 3. The number of nitrogens with one attached hydrogen (secondary N) is 3. The summed E-state index contributed by atoms with van der Waals surface area (Å²) in [7, 11) is 0. The number of ether oxygens (including phenoxy) is 1. The zero-order valence-corrected chi connectivity index (χ0v) is 18.5. The highest BCUT2D eigenvalue weighted by atomic mass is 16.5. The zero-order valence-electron chi connectivity index (χ0n) is 18.5. The van der Waals surface area contributed by atoms with Gasteiger partial charge in [-0.05, 0) is 54.8 Å². The Morgan fingerprint density at radius 3 is 2.15 bits per heavy atom. The summed E-state index contributed by atoms with van der Waals surface area (Å²) in [5.41, 5.74) is 7.17. The Hall–Kier alpha value is -3.84. The molecule has 0 aliphatic heterocycles. The van der Waals surface area contributed by atoms with E-state index in [1.165, 1.54) is 0 Å². The van der Waals surface area contributed by atoms with Crippen LogP contribution in [-0.2, 0) is 11.2 Å².